The summed E-state index contributed by atoms with van der Waals surface area (Å²) in [4.78, 5) is 35.8. The van der Waals surface area contributed by atoms with Crippen molar-refractivity contribution < 1.29 is 22.7 Å². The molecule has 1 aliphatic rings. The fourth-order valence-corrected chi connectivity index (χ4v) is 4.15. The van der Waals surface area contributed by atoms with Crippen LogP contribution in [0.2, 0.25) is 0 Å². The first-order chi connectivity index (χ1) is 17.3. The Morgan fingerprint density at radius 1 is 1.06 bits per heavy atom. The van der Waals surface area contributed by atoms with Crippen molar-refractivity contribution in [1.29, 1.82) is 0 Å². The molecule has 0 bridgehead atoms. The van der Waals surface area contributed by atoms with Crippen LogP contribution >= 0.6 is 0 Å². The highest BCUT2D eigenvalue weighted by atomic mass is 19.4. The maximum Gasteiger partial charge on any atom is 0.416 e. The monoisotopic (exact) mass is 503 g/mol. The van der Waals surface area contributed by atoms with E-state index in [0.717, 1.165) is 25.1 Å². The molecule has 4 rings (SSSR count). The molecule has 1 saturated heterocycles. The zero-order valence-electron chi connectivity index (χ0n) is 20.0. The Morgan fingerprint density at radius 3 is 2.50 bits per heavy atom. The molecule has 0 saturated carbocycles. The number of pyridine rings is 1. The van der Waals surface area contributed by atoms with Crippen LogP contribution in [0.4, 0.5) is 19.0 Å². The van der Waals surface area contributed by atoms with E-state index in [-0.39, 0.29) is 30.4 Å². The normalized spacial score (nSPS) is 14.1. The van der Waals surface area contributed by atoms with E-state index in [1.54, 1.807) is 12.1 Å². The number of benzene rings is 1. The maximum absolute atomic E-state index is 13.2. The van der Waals surface area contributed by atoms with Gasteiger partial charge in [0.25, 0.3) is 5.56 Å². The molecule has 1 fully saturated rings. The Kier molecular flexibility index (Phi) is 7.88. The number of nitrogens with one attached hydrogen (secondary N) is 1. The number of aromatic nitrogens is 3. The number of hydrogen-bond donors (Lipinski definition) is 1. The number of carbonyl (C=O) groups excluding carboxylic acids is 1. The van der Waals surface area contributed by atoms with Gasteiger partial charge in [0, 0.05) is 38.2 Å². The smallest absolute Gasteiger partial charge is 0.380 e. The second-order valence-corrected chi connectivity index (χ2v) is 8.49. The minimum absolute atomic E-state index is 0.159. The number of likely N-dealkylation sites (tertiary alicyclic amines) is 1. The number of amides is 1. The Bertz CT molecular complexity index is 1270. The SMILES string of the molecule is CCOCCn1c(=O)c(NCCCN2CCCC2=O)nc2ccc(-c3ccc(C(F)(F)F)cc3)nc21. The number of ether oxygens (including phenoxy) is 1. The molecule has 11 heteroatoms. The molecule has 2 aromatic heterocycles. The summed E-state index contributed by atoms with van der Waals surface area (Å²) in [5, 5.41) is 3.08. The predicted molar refractivity (Wildman–Crippen MR) is 130 cm³/mol. The topological polar surface area (TPSA) is 89.4 Å². The van der Waals surface area contributed by atoms with Crippen molar-refractivity contribution in [3.63, 3.8) is 0 Å². The average Bonchev–Trinajstić information content (AvgIpc) is 3.27. The molecule has 0 radical (unpaired) electrons. The zero-order chi connectivity index (χ0) is 25.7. The molecule has 3 heterocycles. The van der Waals surface area contributed by atoms with Gasteiger partial charge in [-0.25, -0.2) is 9.97 Å². The van der Waals surface area contributed by atoms with Gasteiger partial charge in [0.2, 0.25) is 5.91 Å². The number of hydrogen-bond acceptors (Lipinski definition) is 6. The average molecular weight is 504 g/mol. The van der Waals surface area contributed by atoms with E-state index < -0.39 is 11.7 Å². The number of nitrogens with zero attached hydrogens (tertiary/aromatic N) is 4. The van der Waals surface area contributed by atoms with Crippen molar-refractivity contribution in [3.05, 3.63) is 52.3 Å². The van der Waals surface area contributed by atoms with E-state index in [9.17, 15) is 22.8 Å². The van der Waals surface area contributed by atoms with Crippen molar-refractivity contribution in [2.75, 3.05) is 38.2 Å². The molecule has 0 spiro atoms. The molecule has 0 unspecified atom stereocenters. The number of halogens is 3. The van der Waals surface area contributed by atoms with E-state index >= 15 is 0 Å². The van der Waals surface area contributed by atoms with Gasteiger partial charge in [0.05, 0.1) is 24.4 Å². The van der Waals surface area contributed by atoms with Crippen LogP contribution in [0.5, 0.6) is 0 Å². The molecule has 36 heavy (non-hydrogen) atoms. The zero-order valence-corrected chi connectivity index (χ0v) is 20.0. The van der Waals surface area contributed by atoms with E-state index in [1.165, 1.54) is 16.7 Å². The van der Waals surface area contributed by atoms with Crippen LogP contribution in [0.1, 0.15) is 31.7 Å². The Morgan fingerprint density at radius 2 is 1.83 bits per heavy atom. The molecule has 3 aromatic rings. The summed E-state index contributed by atoms with van der Waals surface area (Å²) in [6.45, 7) is 4.74. The number of carbonyl (C=O) groups is 1. The summed E-state index contributed by atoms with van der Waals surface area (Å²) in [5.74, 6) is 0.336. The molecule has 0 aliphatic carbocycles. The first kappa shape index (κ1) is 25.6. The molecule has 1 aromatic carbocycles. The van der Waals surface area contributed by atoms with Gasteiger partial charge in [-0.1, -0.05) is 12.1 Å². The van der Waals surface area contributed by atoms with Gasteiger partial charge in [-0.3, -0.25) is 14.2 Å². The van der Waals surface area contributed by atoms with Gasteiger partial charge >= 0.3 is 6.18 Å². The summed E-state index contributed by atoms with van der Waals surface area (Å²) in [7, 11) is 0. The Labute approximate surface area is 206 Å². The molecule has 1 amide bonds. The number of fused-ring (bicyclic) bond motifs is 1. The predicted octanol–water partition coefficient (Wildman–Crippen LogP) is 3.94. The van der Waals surface area contributed by atoms with Gasteiger partial charge in [-0.05, 0) is 44.0 Å². The van der Waals surface area contributed by atoms with Crippen molar-refractivity contribution in [2.24, 2.45) is 0 Å². The second-order valence-electron chi connectivity index (χ2n) is 8.49. The van der Waals surface area contributed by atoms with Gasteiger partial charge in [0.1, 0.15) is 5.52 Å². The third-order valence-electron chi connectivity index (χ3n) is 6.03. The summed E-state index contributed by atoms with van der Waals surface area (Å²) >= 11 is 0. The minimum Gasteiger partial charge on any atom is -0.380 e. The van der Waals surface area contributed by atoms with Crippen molar-refractivity contribution in [1.82, 2.24) is 19.4 Å². The van der Waals surface area contributed by atoms with E-state index in [2.05, 4.69) is 15.3 Å². The quantitative estimate of drug-likeness (QED) is 0.422. The van der Waals surface area contributed by atoms with Crippen LogP contribution in [-0.2, 0) is 22.3 Å². The van der Waals surface area contributed by atoms with Gasteiger partial charge in [0.15, 0.2) is 11.5 Å². The van der Waals surface area contributed by atoms with Crippen LogP contribution in [-0.4, -0.2) is 58.2 Å². The third kappa shape index (κ3) is 5.84. The van der Waals surface area contributed by atoms with E-state index in [0.29, 0.717) is 55.0 Å². The van der Waals surface area contributed by atoms with Crippen LogP contribution in [0, 0.1) is 0 Å². The number of rotatable bonds is 10. The van der Waals surface area contributed by atoms with Gasteiger partial charge in [-0.15, -0.1) is 0 Å². The Hall–Kier alpha value is -3.47. The molecular weight excluding hydrogens is 475 g/mol. The number of anilines is 1. The lowest BCUT2D eigenvalue weighted by molar-refractivity contribution is -0.137. The van der Waals surface area contributed by atoms with Crippen molar-refractivity contribution in [3.8, 4) is 11.3 Å². The van der Waals surface area contributed by atoms with Crippen LogP contribution in [0.3, 0.4) is 0 Å². The largest absolute Gasteiger partial charge is 0.416 e. The summed E-state index contributed by atoms with van der Waals surface area (Å²) in [6, 6.07) is 8.08. The lowest BCUT2D eigenvalue weighted by atomic mass is 10.1. The Balaban J connectivity index is 1.59. The van der Waals surface area contributed by atoms with Crippen molar-refractivity contribution >= 4 is 22.9 Å². The van der Waals surface area contributed by atoms with Crippen LogP contribution < -0.4 is 10.9 Å². The van der Waals surface area contributed by atoms with Gasteiger partial charge in [-0.2, -0.15) is 13.2 Å². The molecule has 1 aliphatic heterocycles. The van der Waals surface area contributed by atoms with Crippen LogP contribution in [0.25, 0.3) is 22.4 Å². The van der Waals surface area contributed by atoms with E-state index in [4.69, 9.17) is 4.74 Å². The first-order valence-electron chi connectivity index (χ1n) is 12.0. The standard InChI is InChI=1S/C25H28F3N5O3/c1-2-36-16-15-33-23-20(11-10-19(31-23)17-6-8-18(9-7-17)25(26,27)28)30-22(24(33)35)29-12-4-14-32-13-3-5-21(32)34/h6-11H,2-5,12-16H2,1H3,(H,29,30). The maximum atomic E-state index is 13.2. The first-order valence-corrected chi connectivity index (χ1v) is 12.0. The van der Waals surface area contributed by atoms with Crippen molar-refractivity contribution in [2.45, 2.75) is 38.9 Å². The summed E-state index contributed by atoms with van der Waals surface area (Å²) in [5.41, 5.74) is 0.610. The lowest BCUT2D eigenvalue weighted by Gasteiger charge is -2.16. The lowest BCUT2D eigenvalue weighted by Crippen LogP contribution is -2.30. The third-order valence-corrected chi connectivity index (χ3v) is 6.03. The molecular formula is C25H28F3N5O3. The fourth-order valence-electron chi connectivity index (χ4n) is 4.15. The summed E-state index contributed by atoms with van der Waals surface area (Å²) in [6.07, 6.45) is -2.28. The highest BCUT2D eigenvalue weighted by Gasteiger charge is 2.30. The molecule has 192 valence electrons. The van der Waals surface area contributed by atoms with E-state index in [1.807, 2.05) is 11.8 Å². The molecule has 1 N–H and O–H groups in total. The van der Waals surface area contributed by atoms with Gasteiger partial charge < -0.3 is 15.0 Å². The van der Waals surface area contributed by atoms with Crippen LogP contribution in [0.15, 0.2) is 41.2 Å². The highest BCUT2D eigenvalue weighted by Crippen LogP contribution is 2.31. The molecule has 8 nitrogen and oxygen atoms in total. The fraction of sp³-hybridized carbons (Fsp3) is 0.440. The second kappa shape index (κ2) is 11.1. The summed E-state index contributed by atoms with van der Waals surface area (Å²) < 4.78 is 45.7. The number of alkyl halides is 3. The highest BCUT2D eigenvalue weighted by molar-refractivity contribution is 5.78. The minimum atomic E-state index is -4.42. The molecule has 0 atom stereocenters.